The smallest absolute Gasteiger partial charge is 0.266 e. The first kappa shape index (κ1) is 18.3. The van der Waals surface area contributed by atoms with E-state index in [9.17, 15) is 13.9 Å². The summed E-state index contributed by atoms with van der Waals surface area (Å²) in [4.78, 5) is 1.98. The highest BCUT2D eigenvalue weighted by molar-refractivity contribution is 6.30. The Morgan fingerprint density at radius 3 is 2.93 bits per heavy atom. The fourth-order valence-corrected chi connectivity index (χ4v) is 3.86. The quantitative estimate of drug-likeness (QED) is 0.831. The van der Waals surface area contributed by atoms with Gasteiger partial charge in [0.2, 0.25) is 0 Å². The molecule has 9 heteroatoms. The van der Waals surface area contributed by atoms with Gasteiger partial charge < -0.3 is 20.1 Å². The normalized spacial score (nSPS) is 22.7. The maximum atomic E-state index is 13.8. The molecule has 3 heterocycles. The molecule has 4 rings (SSSR count). The lowest BCUT2D eigenvalue weighted by atomic mass is 10.00. The highest BCUT2D eigenvalue weighted by Gasteiger charge is 2.35. The van der Waals surface area contributed by atoms with E-state index in [1.54, 1.807) is 0 Å². The molecule has 0 amide bonds. The van der Waals surface area contributed by atoms with Crippen LogP contribution < -0.4 is 10.2 Å². The number of anilines is 1. The van der Waals surface area contributed by atoms with Crippen LogP contribution >= 0.6 is 11.6 Å². The van der Waals surface area contributed by atoms with Crippen molar-refractivity contribution in [2.45, 2.75) is 25.0 Å². The molecule has 0 spiro atoms. The molecule has 2 atom stereocenters. The first-order valence-electron chi connectivity index (χ1n) is 8.78. The zero-order valence-corrected chi connectivity index (χ0v) is 15.2. The summed E-state index contributed by atoms with van der Waals surface area (Å²) in [5, 5.41) is 21.9. The van der Waals surface area contributed by atoms with Crippen LogP contribution in [0.25, 0.3) is 11.3 Å². The van der Waals surface area contributed by atoms with Crippen molar-refractivity contribution in [2.24, 2.45) is 0 Å². The summed E-state index contributed by atoms with van der Waals surface area (Å²) in [5.74, 6) is 0.180. The number of piperidine rings is 1. The Balaban J connectivity index is 1.72. The average Bonchev–Trinajstić information content (AvgIpc) is 2.67. The summed E-state index contributed by atoms with van der Waals surface area (Å²) in [6.45, 7) is 2.66. The summed E-state index contributed by atoms with van der Waals surface area (Å²) >= 11 is 5.83. The zero-order chi connectivity index (χ0) is 19.0. The molecule has 1 aromatic carbocycles. The molecule has 2 aliphatic rings. The predicted octanol–water partition coefficient (Wildman–Crippen LogP) is 3.01. The number of halogens is 3. The summed E-state index contributed by atoms with van der Waals surface area (Å²) in [5.41, 5.74) is -0.146. The lowest BCUT2D eigenvalue weighted by Gasteiger charge is -2.44. The number of nitrogens with zero attached hydrogens (tertiary/aromatic N) is 3. The van der Waals surface area contributed by atoms with Crippen molar-refractivity contribution >= 4 is 17.4 Å². The molecule has 0 radical (unpaired) electrons. The molecule has 27 heavy (non-hydrogen) atoms. The number of hydrogen-bond acceptors (Lipinski definition) is 6. The molecule has 0 bridgehead atoms. The Kier molecular flexibility index (Phi) is 5.12. The van der Waals surface area contributed by atoms with Crippen LogP contribution in [0.1, 0.15) is 18.4 Å². The van der Waals surface area contributed by atoms with Crippen LogP contribution in [0.2, 0.25) is 5.02 Å². The number of rotatable bonds is 3. The number of ether oxygens (including phenoxy) is 1. The Morgan fingerprint density at radius 1 is 1.30 bits per heavy atom. The fraction of sp³-hybridized carbons (Fsp3) is 0.444. The van der Waals surface area contributed by atoms with Gasteiger partial charge in [-0.05, 0) is 37.2 Å². The highest BCUT2D eigenvalue weighted by atomic mass is 35.5. The summed E-state index contributed by atoms with van der Waals surface area (Å²) in [7, 11) is 0. The molecule has 2 N–H and O–H groups in total. The minimum absolute atomic E-state index is 0.0297. The standard InChI is InChI=1S/C18H19ClF2N4O2/c19-10-1-2-11(14(26)7-10)17-12(18(20)21)8-16(23-24-17)25-5-6-27-15-3-4-22-9-13(15)25/h1-2,7-8,13,15,18,22,26H,3-6,9H2/t13-,15+/m0/s1. The van der Waals surface area contributed by atoms with Gasteiger partial charge in [0.25, 0.3) is 6.43 Å². The second-order valence-corrected chi connectivity index (χ2v) is 7.07. The maximum Gasteiger partial charge on any atom is 0.266 e. The zero-order valence-electron chi connectivity index (χ0n) is 14.4. The fourth-order valence-electron chi connectivity index (χ4n) is 3.69. The largest absolute Gasteiger partial charge is 0.507 e. The van der Waals surface area contributed by atoms with Crippen molar-refractivity contribution in [3.8, 4) is 17.0 Å². The number of aromatic hydroxyl groups is 1. The van der Waals surface area contributed by atoms with E-state index in [4.69, 9.17) is 16.3 Å². The Bertz CT molecular complexity index is 837. The second-order valence-electron chi connectivity index (χ2n) is 6.63. The van der Waals surface area contributed by atoms with Gasteiger partial charge in [-0.2, -0.15) is 0 Å². The number of morpholine rings is 1. The second kappa shape index (κ2) is 7.53. The van der Waals surface area contributed by atoms with Crippen LogP contribution in [0.4, 0.5) is 14.6 Å². The van der Waals surface area contributed by atoms with E-state index in [-0.39, 0.29) is 34.7 Å². The number of hydrogen-bond donors (Lipinski definition) is 2. The maximum absolute atomic E-state index is 13.8. The van der Waals surface area contributed by atoms with Crippen LogP contribution in [0, 0.1) is 0 Å². The molecule has 6 nitrogen and oxygen atoms in total. The minimum Gasteiger partial charge on any atom is -0.507 e. The van der Waals surface area contributed by atoms with Gasteiger partial charge in [-0.3, -0.25) is 0 Å². The molecule has 1 aromatic heterocycles. The van der Waals surface area contributed by atoms with Gasteiger partial charge in [-0.1, -0.05) is 11.6 Å². The van der Waals surface area contributed by atoms with Gasteiger partial charge >= 0.3 is 0 Å². The van der Waals surface area contributed by atoms with Gasteiger partial charge in [-0.25, -0.2) is 8.78 Å². The monoisotopic (exact) mass is 396 g/mol. The first-order valence-corrected chi connectivity index (χ1v) is 9.16. The molecule has 2 aromatic rings. The van der Waals surface area contributed by atoms with Crippen LogP contribution in [0.5, 0.6) is 5.75 Å². The van der Waals surface area contributed by atoms with Crippen molar-refractivity contribution in [3.05, 3.63) is 34.9 Å². The molecule has 144 valence electrons. The van der Waals surface area contributed by atoms with E-state index in [1.165, 1.54) is 24.3 Å². The number of phenolic OH excluding ortho intramolecular Hbond substituents is 1. The first-order chi connectivity index (χ1) is 13.0. The molecule has 0 unspecified atom stereocenters. The van der Waals surface area contributed by atoms with Crippen LogP contribution in [0.3, 0.4) is 0 Å². The molecule has 0 aliphatic carbocycles. The third-order valence-corrected chi connectivity index (χ3v) is 5.24. The van der Waals surface area contributed by atoms with Crippen molar-refractivity contribution in [1.82, 2.24) is 15.5 Å². The SMILES string of the molecule is Oc1cc(Cl)ccc1-c1nnc(N2CCO[C@@H]3CCNC[C@@H]32)cc1C(F)F. The molecular weight excluding hydrogens is 378 g/mol. The van der Waals surface area contributed by atoms with E-state index in [2.05, 4.69) is 15.5 Å². The topological polar surface area (TPSA) is 70.5 Å². The van der Waals surface area contributed by atoms with Crippen LogP contribution in [0.15, 0.2) is 24.3 Å². The van der Waals surface area contributed by atoms with Gasteiger partial charge in [0.15, 0.2) is 5.82 Å². The van der Waals surface area contributed by atoms with Crippen molar-refractivity contribution in [1.29, 1.82) is 0 Å². The number of fused-ring (bicyclic) bond motifs is 1. The molecule has 2 saturated heterocycles. The minimum atomic E-state index is -2.76. The number of aromatic nitrogens is 2. The number of benzene rings is 1. The Morgan fingerprint density at radius 2 is 2.15 bits per heavy atom. The van der Waals surface area contributed by atoms with Crippen LogP contribution in [-0.4, -0.2) is 53.7 Å². The molecule has 2 fully saturated rings. The summed E-state index contributed by atoms with van der Waals surface area (Å²) < 4.78 is 33.4. The Hall–Kier alpha value is -2.03. The average molecular weight is 397 g/mol. The molecule has 2 aliphatic heterocycles. The third-order valence-electron chi connectivity index (χ3n) is 5.01. The van der Waals surface area contributed by atoms with E-state index in [1.807, 2.05) is 4.90 Å². The van der Waals surface area contributed by atoms with Gasteiger partial charge in [0.05, 0.1) is 18.8 Å². The van der Waals surface area contributed by atoms with Crippen molar-refractivity contribution in [3.63, 3.8) is 0 Å². The predicted molar refractivity (Wildman–Crippen MR) is 97.5 cm³/mol. The number of phenols is 1. The van der Waals surface area contributed by atoms with E-state index in [0.29, 0.717) is 30.5 Å². The van der Waals surface area contributed by atoms with E-state index < -0.39 is 6.43 Å². The van der Waals surface area contributed by atoms with Gasteiger partial charge in [0, 0.05) is 29.2 Å². The Labute approximate surface area is 160 Å². The van der Waals surface area contributed by atoms with E-state index >= 15 is 0 Å². The van der Waals surface area contributed by atoms with Crippen molar-refractivity contribution in [2.75, 3.05) is 31.1 Å². The summed E-state index contributed by atoms with van der Waals surface area (Å²) in [6, 6.07) is 5.66. The molecule has 0 saturated carbocycles. The van der Waals surface area contributed by atoms with Gasteiger partial charge in [-0.15, -0.1) is 10.2 Å². The molecular formula is C18H19ClF2N4O2. The van der Waals surface area contributed by atoms with E-state index in [0.717, 1.165) is 13.0 Å². The third kappa shape index (κ3) is 3.56. The van der Waals surface area contributed by atoms with Gasteiger partial charge in [0.1, 0.15) is 11.4 Å². The number of alkyl halides is 2. The highest BCUT2D eigenvalue weighted by Crippen LogP contribution is 2.37. The number of nitrogens with one attached hydrogen (secondary N) is 1. The lowest BCUT2D eigenvalue weighted by molar-refractivity contribution is -0.00379. The van der Waals surface area contributed by atoms with Crippen LogP contribution in [-0.2, 0) is 4.74 Å². The lowest BCUT2D eigenvalue weighted by Crippen LogP contribution is -2.59. The summed E-state index contributed by atoms with van der Waals surface area (Å²) in [6.07, 6.45) is -1.84. The van der Waals surface area contributed by atoms with Crippen molar-refractivity contribution < 1.29 is 18.6 Å².